The van der Waals surface area contributed by atoms with Gasteiger partial charge in [0.1, 0.15) is 0 Å². The molecule has 15 heavy (non-hydrogen) atoms. The van der Waals surface area contributed by atoms with Crippen LogP contribution in [0.3, 0.4) is 0 Å². The van der Waals surface area contributed by atoms with Crippen molar-refractivity contribution >= 4 is 11.8 Å². The van der Waals surface area contributed by atoms with Crippen LogP contribution in [-0.4, -0.2) is 49.4 Å². The fourth-order valence-corrected chi connectivity index (χ4v) is 0.983. The Bertz CT molecular complexity index is 217. The summed E-state index contributed by atoms with van der Waals surface area (Å²) in [6.07, 6.45) is 0. The van der Waals surface area contributed by atoms with E-state index in [2.05, 4.69) is 10.6 Å². The molecule has 0 fully saturated rings. The molecule has 0 aromatic carbocycles. The molecule has 0 saturated carbocycles. The highest BCUT2D eigenvalue weighted by Crippen LogP contribution is 1.85. The van der Waals surface area contributed by atoms with Crippen molar-refractivity contribution in [3.8, 4) is 0 Å². The SMILES string of the molecule is CCNC(=O)CN(C)C(=O)CNC(C)C. The minimum Gasteiger partial charge on any atom is -0.355 e. The first kappa shape index (κ1) is 13.9. The fourth-order valence-electron chi connectivity index (χ4n) is 0.983. The van der Waals surface area contributed by atoms with Crippen LogP contribution in [-0.2, 0) is 9.59 Å². The lowest BCUT2D eigenvalue weighted by molar-refractivity contribution is -0.134. The first-order chi connectivity index (χ1) is 6.97. The van der Waals surface area contributed by atoms with E-state index in [-0.39, 0.29) is 30.9 Å². The van der Waals surface area contributed by atoms with Crippen LogP contribution in [0.2, 0.25) is 0 Å². The molecule has 0 atom stereocenters. The van der Waals surface area contributed by atoms with Gasteiger partial charge in [0.2, 0.25) is 11.8 Å². The van der Waals surface area contributed by atoms with Gasteiger partial charge in [0.15, 0.2) is 0 Å². The van der Waals surface area contributed by atoms with Gasteiger partial charge in [-0.2, -0.15) is 0 Å². The van der Waals surface area contributed by atoms with Gasteiger partial charge in [-0.25, -0.2) is 0 Å². The molecule has 0 unspecified atom stereocenters. The number of nitrogens with one attached hydrogen (secondary N) is 2. The van der Waals surface area contributed by atoms with Gasteiger partial charge < -0.3 is 15.5 Å². The monoisotopic (exact) mass is 215 g/mol. The summed E-state index contributed by atoms with van der Waals surface area (Å²) in [7, 11) is 1.62. The molecule has 0 aliphatic carbocycles. The zero-order valence-electron chi connectivity index (χ0n) is 9.96. The van der Waals surface area contributed by atoms with Crippen molar-refractivity contribution < 1.29 is 9.59 Å². The lowest BCUT2D eigenvalue weighted by Crippen LogP contribution is -2.43. The Morgan fingerprint density at radius 3 is 2.40 bits per heavy atom. The summed E-state index contributed by atoms with van der Waals surface area (Å²) in [5.74, 6) is -0.201. The predicted octanol–water partition coefficient (Wildman–Crippen LogP) is -0.421. The highest BCUT2D eigenvalue weighted by Gasteiger charge is 2.11. The van der Waals surface area contributed by atoms with E-state index in [0.717, 1.165) is 0 Å². The largest absolute Gasteiger partial charge is 0.355 e. The molecule has 0 aliphatic heterocycles. The minimum absolute atomic E-state index is 0.0741. The second-order valence-corrected chi connectivity index (χ2v) is 3.74. The molecular formula is C10H21N3O2. The molecule has 0 rings (SSSR count). The maximum Gasteiger partial charge on any atom is 0.239 e. The Balaban J connectivity index is 3.83. The average Bonchev–Trinajstić information content (AvgIpc) is 2.14. The molecule has 0 aliphatic rings. The summed E-state index contributed by atoms with van der Waals surface area (Å²) in [5, 5.41) is 5.65. The van der Waals surface area contributed by atoms with E-state index in [4.69, 9.17) is 0 Å². The van der Waals surface area contributed by atoms with E-state index in [1.165, 1.54) is 4.90 Å². The Labute approximate surface area is 91.2 Å². The van der Waals surface area contributed by atoms with Crippen molar-refractivity contribution in [2.75, 3.05) is 26.7 Å². The van der Waals surface area contributed by atoms with E-state index >= 15 is 0 Å². The number of carbonyl (C=O) groups excluding carboxylic acids is 2. The third-order valence-corrected chi connectivity index (χ3v) is 1.84. The second-order valence-electron chi connectivity index (χ2n) is 3.74. The topological polar surface area (TPSA) is 61.4 Å². The molecule has 0 saturated heterocycles. The minimum atomic E-state index is -0.127. The summed E-state index contributed by atoms with van der Waals surface area (Å²) in [6, 6.07) is 0.270. The fraction of sp³-hybridized carbons (Fsp3) is 0.800. The van der Waals surface area contributed by atoms with Crippen molar-refractivity contribution in [1.29, 1.82) is 0 Å². The molecule has 2 amide bonds. The number of amides is 2. The number of nitrogens with zero attached hydrogens (tertiary/aromatic N) is 1. The summed E-state index contributed by atoms with van der Waals surface area (Å²) in [4.78, 5) is 24.1. The second kappa shape index (κ2) is 7.23. The quantitative estimate of drug-likeness (QED) is 0.632. The van der Waals surface area contributed by atoms with Crippen molar-refractivity contribution in [3.05, 3.63) is 0 Å². The molecule has 0 heterocycles. The van der Waals surface area contributed by atoms with Crippen LogP contribution in [0.15, 0.2) is 0 Å². The van der Waals surface area contributed by atoms with Crippen LogP contribution in [0.1, 0.15) is 20.8 Å². The van der Waals surface area contributed by atoms with Crippen LogP contribution in [0, 0.1) is 0 Å². The van der Waals surface area contributed by atoms with Gasteiger partial charge in [-0.3, -0.25) is 9.59 Å². The number of carbonyl (C=O) groups is 2. The third kappa shape index (κ3) is 6.90. The van der Waals surface area contributed by atoms with Gasteiger partial charge in [-0.05, 0) is 6.92 Å². The summed E-state index contributed by atoms with van der Waals surface area (Å²) in [6.45, 7) is 6.76. The number of rotatable bonds is 6. The van der Waals surface area contributed by atoms with Gasteiger partial charge in [0, 0.05) is 19.6 Å². The normalized spacial score (nSPS) is 10.2. The van der Waals surface area contributed by atoms with Gasteiger partial charge >= 0.3 is 0 Å². The van der Waals surface area contributed by atoms with Crippen LogP contribution in [0.5, 0.6) is 0 Å². The van der Waals surface area contributed by atoms with E-state index < -0.39 is 0 Å². The number of likely N-dealkylation sites (N-methyl/N-ethyl adjacent to an activating group) is 2. The van der Waals surface area contributed by atoms with Gasteiger partial charge in [0.05, 0.1) is 13.1 Å². The Hall–Kier alpha value is -1.10. The number of hydrogen-bond donors (Lipinski definition) is 2. The maximum atomic E-state index is 11.5. The zero-order valence-corrected chi connectivity index (χ0v) is 9.96. The molecule has 0 spiro atoms. The Morgan fingerprint density at radius 1 is 1.33 bits per heavy atom. The summed E-state index contributed by atoms with van der Waals surface area (Å²) < 4.78 is 0. The highest BCUT2D eigenvalue weighted by atomic mass is 16.2. The van der Waals surface area contributed by atoms with E-state index in [1.54, 1.807) is 7.05 Å². The molecule has 2 N–H and O–H groups in total. The maximum absolute atomic E-state index is 11.5. The van der Waals surface area contributed by atoms with E-state index in [0.29, 0.717) is 6.54 Å². The van der Waals surface area contributed by atoms with E-state index in [1.807, 2.05) is 20.8 Å². The van der Waals surface area contributed by atoms with Crippen molar-refractivity contribution in [2.24, 2.45) is 0 Å². The van der Waals surface area contributed by atoms with Crippen LogP contribution in [0.4, 0.5) is 0 Å². The molecule has 0 aromatic heterocycles. The Morgan fingerprint density at radius 2 is 1.93 bits per heavy atom. The van der Waals surface area contributed by atoms with Crippen LogP contribution < -0.4 is 10.6 Å². The van der Waals surface area contributed by atoms with Crippen LogP contribution in [0.25, 0.3) is 0 Å². The zero-order chi connectivity index (χ0) is 11.8. The lowest BCUT2D eigenvalue weighted by atomic mass is 10.4. The summed E-state index contributed by atoms with van der Waals surface area (Å²) in [5.41, 5.74) is 0. The van der Waals surface area contributed by atoms with E-state index in [9.17, 15) is 9.59 Å². The summed E-state index contributed by atoms with van der Waals surface area (Å²) >= 11 is 0. The molecule has 0 aromatic rings. The first-order valence-electron chi connectivity index (χ1n) is 5.21. The lowest BCUT2D eigenvalue weighted by Gasteiger charge is -2.17. The Kier molecular flexibility index (Phi) is 6.70. The molecule has 5 nitrogen and oxygen atoms in total. The van der Waals surface area contributed by atoms with Gasteiger partial charge in [-0.15, -0.1) is 0 Å². The van der Waals surface area contributed by atoms with Crippen molar-refractivity contribution in [1.82, 2.24) is 15.5 Å². The third-order valence-electron chi connectivity index (χ3n) is 1.84. The molecule has 88 valence electrons. The van der Waals surface area contributed by atoms with Gasteiger partial charge in [0.25, 0.3) is 0 Å². The predicted molar refractivity (Wildman–Crippen MR) is 59.5 cm³/mol. The highest BCUT2D eigenvalue weighted by molar-refractivity contribution is 5.85. The molecule has 0 bridgehead atoms. The van der Waals surface area contributed by atoms with Crippen molar-refractivity contribution in [3.63, 3.8) is 0 Å². The average molecular weight is 215 g/mol. The number of hydrogen-bond acceptors (Lipinski definition) is 3. The molecular weight excluding hydrogens is 194 g/mol. The molecule has 0 radical (unpaired) electrons. The molecule has 5 heteroatoms. The van der Waals surface area contributed by atoms with Crippen LogP contribution >= 0.6 is 0 Å². The standard InChI is InChI=1S/C10H21N3O2/c1-5-11-9(14)7-13(4)10(15)6-12-8(2)3/h8,12H,5-7H2,1-4H3,(H,11,14). The van der Waals surface area contributed by atoms with Crippen molar-refractivity contribution in [2.45, 2.75) is 26.8 Å². The first-order valence-corrected chi connectivity index (χ1v) is 5.21. The smallest absolute Gasteiger partial charge is 0.239 e. The van der Waals surface area contributed by atoms with Gasteiger partial charge in [-0.1, -0.05) is 13.8 Å².